The molecule has 0 spiro atoms. The predicted molar refractivity (Wildman–Crippen MR) is 62.0 cm³/mol. The number of carbonyl (C=O) groups is 1. The summed E-state index contributed by atoms with van der Waals surface area (Å²) in [6, 6.07) is 0. The maximum Gasteiger partial charge on any atom is 0.445 e. The lowest BCUT2D eigenvalue weighted by atomic mass is 9.87. The molecule has 1 N–H and O–H groups in total. The zero-order valence-electron chi connectivity index (χ0n) is 10.0. The number of aromatic nitrogens is 2. The monoisotopic (exact) mass is 295 g/mol. The molecule has 2 atom stereocenters. The van der Waals surface area contributed by atoms with Gasteiger partial charge < -0.3 is 10.0 Å². The van der Waals surface area contributed by atoms with E-state index in [0.717, 1.165) is 0 Å². The second-order valence-electron chi connectivity index (χ2n) is 4.54. The minimum Gasteiger partial charge on any atom is -0.481 e. The maximum atomic E-state index is 12.4. The molecule has 0 aromatic carbocycles. The molecule has 0 amide bonds. The van der Waals surface area contributed by atoms with Gasteiger partial charge in [-0.3, -0.25) is 4.79 Å². The number of anilines is 1. The molecule has 1 saturated heterocycles. The molecule has 5 nitrogen and oxygen atoms in total. The van der Waals surface area contributed by atoms with E-state index in [1.54, 1.807) is 11.8 Å². The summed E-state index contributed by atoms with van der Waals surface area (Å²) in [4.78, 5) is 12.6. The van der Waals surface area contributed by atoms with E-state index < -0.39 is 23.1 Å². The topological polar surface area (TPSA) is 66.3 Å². The number of rotatable bonds is 2. The van der Waals surface area contributed by atoms with Crippen LogP contribution in [0.4, 0.5) is 18.3 Å². The zero-order valence-corrected chi connectivity index (χ0v) is 10.8. The van der Waals surface area contributed by atoms with Crippen LogP contribution in [0, 0.1) is 11.8 Å². The van der Waals surface area contributed by atoms with Crippen LogP contribution in [-0.2, 0) is 11.0 Å². The minimum atomic E-state index is -4.49. The molecule has 1 aliphatic rings. The van der Waals surface area contributed by atoms with Gasteiger partial charge in [0.15, 0.2) is 0 Å². The van der Waals surface area contributed by atoms with Crippen LogP contribution in [0.15, 0.2) is 0 Å². The van der Waals surface area contributed by atoms with Crippen molar-refractivity contribution < 1.29 is 23.1 Å². The molecule has 1 aliphatic heterocycles. The summed E-state index contributed by atoms with van der Waals surface area (Å²) in [6.07, 6.45) is -4.08. The summed E-state index contributed by atoms with van der Waals surface area (Å²) in [5.74, 6) is -1.45. The van der Waals surface area contributed by atoms with Crippen molar-refractivity contribution in [3.63, 3.8) is 0 Å². The van der Waals surface area contributed by atoms with Crippen molar-refractivity contribution in [1.82, 2.24) is 10.2 Å². The predicted octanol–water partition coefficient (Wildman–Crippen LogP) is 2.10. The first-order chi connectivity index (χ1) is 8.79. The van der Waals surface area contributed by atoms with E-state index in [4.69, 9.17) is 5.11 Å². The summed E-state index contributed by atoms with van der Waals surface area (Å²) in [5.41, 5.74) is 0. The van der Waals surface area contributed by atoms with E-state index >= 15 is 0 Å². The van der Waals surface area contributed by atoms with Gasteiger partial charge in [-0.05, 0) is 12.3 Å². The average molecular weight is 295 g/mol. The Morgan fingerprint density at radius 3 is 2.63 bits per heavy atom. The smallest absolute Gasteiger partial charge is 0.445 e. The van der Waals surface area contributed by atoms with Gasteiger partial charge in [-0.1, -0.05) is 18.3 Å². The van der Waals surface area contributed by atoms with Gasteiger partial charge in [0.05, 0.1) is 5.92 Å². The molecule has 2 heterocycles. The fraction of sp³-hybridized carbons (Fsp3) is 0.700. The molecule has 0 bridgehead atoms. The molecule has 106 valence electrons. The summed E-state index contributed by atoms with van der Waals surface area (Å²) in [6.45, 7) is 2.54. The number of aliphatic carboxylic acids is 1. The number of nitrogens with zero attached hydrogens (tertiary/aromatic N) is 3. The molecular weight excluding hydrogens is 283 g/mol. The molecule has 1 aromatic heterocycles. The van der Waals surface area contributed by atoms with Crippen LogP contribution < -0.4 is 4.90 Å². The van der Waals surface area contributed by atoms with Crippen molar-refractivity contribution in [3.05, 3.63) is 5.01 Å². The Kier molecular flexibility index (Phi) is 3.66. The number of hydrogen-bond acceptors (Lipinski definition) is 5. The fourth-order valence-electron chi connectivity index (χ4n) is 2.14. The molecule has 19 heavy (non-hydrogen) atoms. The highest BCUT2D eigenvalue weighted by Gasteiger charge is 2.37. The highest BCUT2D eigenvalue weighted by Crippen LogP contribution is 2.36. The normalized spacial score (nSPS) is 24.5. The quantitative estimate of drug-likeness (QED) is 0.905. The van der Waals surface area contributed by atoms with Crippen molar-refractivity contribution in [2.24, 2.45) is 11.8 Å². The Balaban J connectivity index is 2.08. The largest absolute Gasteiger partial charge is 0.481 e. The summed E-state index contributed by atoms with van der Waals surface area (Å²) >= 11 is 0.489. The Morgan fingerprint density at radius 1 is 1.47 bits per heavy atom. The molecule has 2 rings (SSSR count). The van der Waals surface area contributed by atoms with E-state index in [2.05, 4.69) is 10.2 Å². The van der Waals surface area contributed by atoms with E-state index in [1.807, 2.05) is 0 Å². The maximum absolute atomic E-state index is 12.4. The van der Waals surface area contributed by atoms with Gasteiger partial charge in [0.25, 0.3) is 0 Å². The number of halogens is 3. The van der Waals surface area contributed by atoms with Gasteiger partial charge in [-0.2, -0.15) is 13.2 Å². The molecule has 9 heteroatoms. The van der Waals surface area contributed by atoms with Crippen molar-refractivity contribution in [2.75, 3.05) is 18.0 Å². The third-order valence-electron chi connectivity index (χ3n) is 3.15. The van der Waals surface area contributed by atoms with Crippen LogP contribution in [0.1, 0.15) is 18.4 Å². The van der Waals surface area contributed by atoms with E-state index in [0.29, 0.717) is 30.8 Å². The molecule has 0 saturated carbocycles. The lowest BCUT2D eigenvalue weighted by Gasteiger charge is -2.34. The van der Waals surface area contributed by atoms with Crippen LogP contribution >= 0.6 is 11.3 Å². The van der Waals surface area contributed by atoms with Gasteiger partial charge in [-0.15, -0.1) is 10.2 Å². The lowest BCUT2D eigenvalue weighted by Crippen LogP contribution is -2.42. The first-order valence-corrected chi connectivity index (χ1v) is 6.49. The molecule has 1 aromatic rings. The van der Waals surface area contributed by atoms with E-state index in [-0.39, 0.29) is 11.0 Å². The van der Waals surface area contributed by atoms with Crippen LogP contribution in [0.25, 0.3) is 0 Å². The first kappa shape index (κ1) is 14.0. The fourth-order valence-corrected chi connectivity index (χ4v) is 2.89. The summed E-state index contributed by atoms with van der Waals surface area (Å²) in [7, 11) is 0. The van der Waals surface area contributed by atoms with E-state index in [1.165, 1.54) is 0 Å². The Labute approximate surface area is 111 Å². The number of carboxylic acid groups (broad SMARTS) is 1. The molecule has 0 aliphatic carbocycles. The number of hydrogen-bond donors (Lipinski definition) is 1. The number of piperidine rings is 1. The van der Waals surface area contributed by atoms with Crippen molar-refractivity contribution in [3.8, 4) is 0 Å². The average Bonchev–Trinajstić information content (AvgIpc) is 2.76. The van der Waals surface area contributed by atoms with Crippen LogP contribution in [0.5, 0.6) is 0 Å². The minimum absolute atomic E-state index is 0.135. The third-order valence-corrected chi connectivity index (χ3v) is 4.18. The Morgan fingerprint density at radius 2 is 2.16 bits per heavy atom. The Hall–Kier alpha value is -1.38. The van der Waals surface area contributed by atoms with Crippen molar-refractivity contribution in [2.45, 2.75) is 19.5 Å². The first-order valence-electron chi connectivity index (χ1n) is 5.67. The summed E-state index contributed by atoms with van der Waals surface area (Å²) < 4.78 is 37.3. The Bertz CT molecular complexity index is 477. The van der Waals surface area contributed by atoms with Crippen LogP contribution in [0.2, 0.25) is 0 Å². The summed E-state index contributed by atoms with van der Waals surface area (Å²) in [5, 5.41) is 14.9. The SMILES string of the molecule is CC1CN(c2nnc(C(F)(F)F)s2)CCC1C(=O)O. The van der Waals surface area contributed by atoms with Gasteiger partial charge in [0.2, 0.25) is 10.1 Å². The van der Waals surface area contributed by atoms with Crippen LogP contribution in [0.3, 0.4) is 0 Å². The lowest BCUT2D eigenvalue weighted by molar-refractivity contribution is -0.144. The second kappa shape index (κ2) is 4.95. The highest BCUT2D eigenvalue weighted by molar-refractivity contribution is 7.15. The number of carboxylic acids is 1. The molecule has 0 radical (unpaired) electrons. The van der Waals surface area contributed by atoms with Crippen molar-refractivity contribution in [1.29, 1.82) is 0 Å². The van der Waals surface area contributed by atoms with Gasteiger partial charge in [-0.25, -0.2) is 0 Å². The molecule has 1 fully saturated rings. The van der Waals surface area contributed by atoms with E-state index in [9.17, 15) is 18.0 Å². The van der Waals surface area contributed by atoms with Gasteiger partial charge >= 0.3 is 12.1 Å². The third kappa shape index (κ3) is 2.96. The number of alkyl halides is 3. The molecule has 2 unspecified atom stereocenters. The molecular formula is C10H12F3N3O2S. The van der Waals surface area contributed by atoms with Gasteiger partial charge in [0.1, 0.15) is 0 Å². The van der Waals surface area contributed by atoms with Gasteiger partial charge in [0, 0.05) is 13.1 Å². The zero-order chi connectivity index (χ0) is 14.2. The van der Waals surface area contributed by atoms with Crippen LogP contribution in [-0.4, -0.2) is 34.4 Å². The van der Waals surface area contributed by atoms with Crippen molar-refractivity contribution >= 4 is 22.4 Å². The standard InChI is InChI=1S/C10H12F3N3O2S/c1-5-4-16(3-2-6(5)7(17)18)9-15-14-8(19-9)10(11,12)13/h5-6H,2-4H2,1H3,(H,17,18). The highest BCUT2D eigenvalue weighted by atomic mass is 32.1. The second-order valence-corrected chi connectivity index (χ2v) is 5.50.